The molecular weight excluding hydrogens is 200 g/mol. The first-order valence-corrected chi connectivity index (χ1v) is 4.53. The second-order valence-electron chi connectivity index (χ2n) is 2.91. The highest BCUT2D eigenvalue weighted by Crippen LogP contribution is 1.97. The Bertz CT molecular complexity index is 238. The van der Waals surface area contributed by atoms with Crippen molar-refractivity contribution >= 4 is 18.2 Å². The maximum Gasteiger partial charge on any atom is 0.320 e. The highest BCUT2D eigenvalue weighted by molar-refractivity contribution is 5.75. The van der Waals surface area contributed by atoms with E-state index < -0.39 is 12.0 Å². The predicted octanol–water partition coefficient (Wildman–Crippen LogP) is -1.72. The number of carbonyl (C=O) groups excluding carboxylic acids is 1. The molecule has 6 N–H and O–H groups in total. The maximum absolute atomic E-state index is 10.7. The van der Waals surface area contributed by atoms with Gasteiger partial charge in [-0.25, -0.2) is 0 Å². The number of aldehydes is 1. The predicted molar refractivity (Wildman–Crippen MR) is 55.4 cm³/mol. The fourth-order valence-electron chi connectivity index (χ4n) is 1.01. The third-order valence-corrected chi connectivity index (χ3v) is 1.69. The van der Waals surface area contributed by atoms with Crippen LogP contribution in [0.1, 0.15) is 12.8 Å². The average molecular weight is 216 g/mol. The van der Waals surface area contributed by atoms with Crippen LogP contribution < -0.4 is 16.8 Å². The molecule has 86 valence electrons. The Morgan fingerprint density at radius 3 is 2.67 bits per heavy atom. The van der Waals surface area contributed by atoms with Crippen molar-refractivity contribution in [2.75, 3.05) is 13.1 Å². The monoisotopic (exact) mass is 216 g/mol. The normalized spacial score (nSPS) is 11.7. The van der Waals surface area contributed by atoms with Gasteiger partial charge in [0, 0.05) is 6.54 Å². The van der Waals surface area contributed by atoms with Crippen LogP contribution in [0.25, 0.3) is 0 Å². The van der Waals surface area contributed by atoms with Crippen LogP contribution in [-0.4, -0.2) is 42.5 Å². The number of nitrogens with two attached hydrogens (primary N) is 2. The Kier molecular flexibility index (Phi) is 6.90. The molecule has 0 aliphatic rings. The molecule has 1 atom stereocenters. The molecule has 0 heterocycles. The Balaban J connectivity index is 3.80. The molecule has 7 nitrogen and oxygen atoms in total. The van der Waals surface area contributed by atoms with Crippen molar-refractivity contribution in [2.24, 2.45) is 16.5 Å². The zero-order valence-electron chi connectivity index (χ0n) is 8.35. The van der Waals surface area contributed by atoms with Crippen molar-refractivity contribution in [1.82, 2.24) is 5.32 Å². The largest absolute Gasteiger partial charge is 0.480 e. The Morgan fingerprint density at radius 2 is 2.20 bits per heavy atom. The SMILES string of the molecule is NC(N)=NCCC[C@H](NCC=O)C(=O)O. The first-order valence-electron chi connectivity index (χ1n) is 4.53. The third-order valence-electron chi connectivity index (χ3n) is 1.69. The van der Waals surface area contributed by atoms with E-state index in [1.807, 2.05) is 0 Å². The Labute approximate surface area is 87.5 Å². The van der Waals surface area contributed by atoms with Crippen LogP contribution in [0.5, 0.6) is 0 Å². The number of carbonyl (C=O) groups is 2. The summed E-state index contributed by atoms with van der Waals surface area (Å²) in [6.07, 6.45) is 1.53. The summed E-state index contributed by atoms with van der Waals surface area (Å²) in [5.41, 5.74) is 10.2. The molecule has 7 heteroatoms. The van der Waals surface area contributed by atoms with Gasteiger partial charge in [0.05, 0.1) is 6.54 Å². The van der Waals surface area contributed by atoms with Gasteiger partial charge in [0.2, 0.25) is 0 Å². The summed E-state index contributed by atoms with van der Waals surface area (Å²) >= 11 is 0. The van der Waals surface area contributed by atoms with Crippen molar-refractivity contribution in [3.8, 4) is 0 Å². The standard InChI is InChI=1S/C8H16N4O3/c9-8(10)12-3-1-2-6(7(14)15)11-4-5-13/h5-6,11H,1-4H2,(H,14,15)(H4,9,10,12)/t6-/m0/s1. The molecule has 0 aromatic carbocycles. The fourth-order valence-corrected chi connectivity index (χ4v) is 1.01. The summed E-state index contributed by atoms with van der Waals surface area (Å²) in [5, 5.41) is 11.3. The maximum atomic E-state index is 10.7. The van der Waals surface area contributed by atoms with E-state index in [-0.39, 0.29) is 12.5 Å². The molecule has 0 rings (SSSR count). The van der Waals surface area contributed by atoms with Gasteiger partial charge in [0.25, 0.3) is 0 Å². The van der Waals surface area contributed by atoms with E-state index in [2.05, 4.69) is 10.3 Å². The quantitative estimate of drug-likeness (QED) is 0.165. The lowest BCUT2D eigenvalue weighted by atomic mass is 10.1. The Morgan fingerprint density at radius 1 is 1.53 bits per heavy atom. The van der Waals surface area contributed by atoms with E-state index in [0.29, 0.717) is 25.7 Å². The summed E-state index contributed by atoms with van der Waals surface area (Å²) in [4.78, 5) is 24.4. The molecule has 0 spiro atoms. The van der Waals surface area contributed by atoms with Crippen LogP contribution in [0, 0.1) is 0 Å². The number of hydrogen-bond acceptors (Lipinski definition) is 4. The van der Waals surface area contributed by atoms with Crippen LogP contribution in [0.2, 0.25) is 0 Å². The van der Waals surface area contributed by atoms with Crippen LogP contribution in [0.15, 0.2) is 4.99 Å². The zero-order valence-corrected chi connectivity index (χ0v) is 8.35. The highest BCUT2D eigenvalue weighted by Gasteiger charge is 2.15. The molecule has 0 saturated carbocycles. The van der Waals surface area contributed by atoms with Gasteiger partial charge < -0.3 is 21.4 Å². The van der Waals surface area contributed by atoms with Gasteiger partial charge in [-0.1, -0.05) is 0 Å². The number of hydrogen-bond donors (Lipinski definition) is 4. The van der Waals surface area contributed by atoms with Crippen LogP contribution in [0.3, 0.4) is 0 Å². The number of aliphatic imine (C=N–C) groups is 1. The van der Waals surface area contributed by atoms with Gasteiger partial charge in [-0.2, -0.15) is 0 Å². The first kappa shape index (κ1) is 13.4. The summed E-state index contributed by atoms with van der Waals surface area (Å²) in [6, 6.07) is -0.732. The third kappa shape index (κ3) is 7.44. The van der Waals surface area contributed by atoms with Crippen molar-refractivity contribution in [3.63, 3.8) is 0 Å². The van der Waals surface area contributed by atoms with Gasteiger partial charge >= 0.3 is 5.97 Å². The second kappa shape index (κ2) is 7.74. The van der Waals surface area contributed by atoms with Crippen molar-refractivity contribution in [3.05, 3.63) is 0 Å². The van der Waals surface area contributed by atoms with Gasteiger partial charge in [0.1, 0.15) is 12.3 Å². The van der Waals surface area contributed by atoms with E-state index in [0.717, 1.165) is 0 Å². The molecule has 0 radical (unpaired) electrons. The zero-order chi connectivity index (χ0) is 11.7. The fraction of sp³-hybridized carbons (Fsp3) is 0.625. The summed E-state index contributed by atoms with van der Waals surface area (Å²) < 4.78 is 0. The van der Waals surface area contributed by atoms with E-state index in [9.17, 15) is 9.59 Å². The van der Waals surface area contributed by atoms with Crippen LogP contribution >= 0.6 is 0 Å². The first-order chi connectivity index (χ1) is 7.07. The lowest BCUT2D eigenvalue weighted by molar-refractivity contribution is -0.139. The van der Waals surface area contributed by atoms with E-state index in [1.165, 1.54) is 0 Å². The van der Waals surface area contributed by atoms with Crippen LogP contribution in [0.4, 0.5) is 0 Å². The van der Waals surface area contributed by atoms with Gasteiger partial charge in [0.15, 0.2) is 5.96 Å². The highest BCUT2D eigenvalue weighted by atomic mass is 16.4. The summed E-state index contributed by atoms with van der Waals surface area (Å²) in [5.74, 6) is -0.996. The summed E-state index contributed by atoms with van der Waals surface area (Å²) in [7, 11) is 0. The van der Waals surface area contributed by atoms with E-state index in [4.69, 9.17) is 16.6 Å². The molecule has 15 heavy (non-hydrogen) atoms. The molecule has 0 fully saturated rings. The molecular formula is C8H16N4O3. The topological polar surface area (TPSA) is 131 Å². The minimum atomic E-state index is -0.985. The lowest BCUT2D eigenvalue weighted by Crippen LogP contribution is -2.37. The number of nitrogens with one attached hydrogen (secondary N) is 1. The molecule has 0 aromatic heterocycles. The number of rotatable bonds is 8. The van der Waals surface area contributed by atoms with Gasteiger partial charge in [-0.15, -0.1) is 0 Å². The van der Waals surface area contributed by atoms with Gasteiger partial charge in [-0.3, -0.25) is 15.1 Å². The number of nitrogens with zero attached hydrogens (tertiary/aromatic N) is 1. The average Bonchev–Trinajstić information content (AvgIpc) is 2.15. The number of carboxylic acids is 1. The Hall–Kier alpha value is -1.63. The molecule has 0 aliphatic heterocycles. The molecule has 0 aromatic rings. The number of guanidine groups is 1. The molecule has 0 amide bonds. The lowest BCUT2D eigenvalue weighted by Gasteiger charge is -2.11. The van der Waals surface area contributed by atoms with Crippen LogP contribution in [-0.2, 0) is 9.59 Å². The molecule has 0 aliphatic carbocycles. The minimum absolute atomic E-state index is 0.0114. The summed E-state index contributed by atoms with van der Waals surface area (Å²) in [6.45, 7) is 0.411. The molecule has 0 bridgehead atoms. The molecule has 0 unspecified atom stereocenters. The van der Waals surface area contributed by atoms with Gasteiger partial charge in [-0.05, 0) is 12.8 Å². The second-order valence-corrected chi connectivity index (χ2v) is 2.91. The number of carboxylic acid groups (broad SMARTS) is 1. The van der Waals surface area contributed by atoms with Crippen molar-refractivity contribution in [2.45, 2.75) is 18.9 Å². The van der Waals surface area contributed by atoms with Crippen molar-refractivity contribution < 1.29 is 14.7 Å². The molecule has 0 saturated heterocycles. The smallest absolute Gasteiger partial charge is 0.320 e. The van der Waals surface area contributed by atoms with E-state index in [1.54, 1.807) is 0 Å². The number of aliphatic carboxylic acids is 1. The van der Waals surface area contributed by atoms with Crippen molar-refractivity contribution in [1.29, 1.82) is 0 Å². The minimum Gasteiger partial charge on any atom is -0.480 e. The van der Waals surface area contributed by atoms with E-state index >= 15 is 0 Å².